The van der Waals surface area contributed by atoms with Crippen LogP contribution in [0, 0.1) is 40.5 Å². The van der Waals surface area contributed by atoms with Crippen LogP contribution in [0.15, 0.2) is 170 Å². The Hall–Kier alpha value is -10.5. The number of para-hydroxylation sites is 2. The molecule has 0 aliphatic carbocycles. The van der Waals surface area contributed by atoms with Crippen molar-refractivity contribution >= 4 is 66.4 Å². The highest BCUT2D eigenvalue weighted by Gasteiger charge is 2.27. The number of rotatable bonds is 12. The molecular formula is C50H28N10O10. The minimum Gasteiger partial charge on any atom is -0.457 e. The van der Waals surface area contributed by atoms with Crippen LogP contribution in [0.2, 0.25) is 0 Å². The van der Waals surface area contributed by atoms with Crippen LogP contribution in [0.5, 0.6) is 23.0 Å². The number of ether oxygens (including phenoxy) is 2. The van der Waals surface area contributed by atoms with Gasteiger partial charge in [-0.1, -0.05) is 60.7 Å². The second kappa shape index (κ2) is 16.7. The van der Waals surface area contributed by atoms with Crippen LogP contribution in [-0.2, 0) is 0 Å². The summed E-state index contributed by atoms with van der Waals surface area (Å²) in [6.07, 6.45) is 5.25. The quantitative estimate of drug-likeness (QED) is 0.0816. The molecule has 0 fully saturated rings. The molecule has 6 aromatic carbocycles. The molecule has 0 amide bonds. The van der Waals surface area contributed by atoms with Gasteiger partial charge in [-0.3, -0.25) is 59.6 Å². The first-order chi connectivity index (χ1) is 34.0. The van der Waals surface area contributed by atoms with Gasteiger partial charge in [0, 0.05) is 44.8 Å². The van der Waals surface area contributed by atoms with Crippen molar-refractivity contribution in [3.05, 3.63) is 211 Å². The van der Waals surface area contributed by atoms with Gasteiger partial charge >= 0.3 is 11.4 Å². The number of hydrogen-bond donors (Lipinski definition) is 0. The van der Waals surface area contributed by atoms with E-state index >= 15 is 0 Å². The summed E-state index contributed by atoms with van der Waals surface area (Å²) in [6.45, 7) is 0. The van der Waals surface area contributed by atoms with Crippen molar-refractivity contribution in [1.82, 2.24) is 29.1 Å². The molecule has 0 bridgehead atoms. The van der Waals surface area contributed by atoms with E-state index in [1.807, 2.05) is 48.5 Å². The Balaban J connectivity index is 0.862. The third kappa shape index (κ3) is 7.40. The lowest BCUT2D eigenvalue weighted by Crippen LogP contribution is -2.04. The smallest absolute Gasteiger partial charge is 0.319 e. The average molecular weight is 929 g/mol. The van der Waals surface area contributed by atoms with Crippen molar-refractivity contribution in [1.29, 1.82) is 0 Å². The number of hydrogen-bond acceptors (Lipinski definition) is 14. The molecule has 20 nitrogen and oxygen atoms in total. The number of benzene rings is 6. The van der Waals surface area contributed by atoms with Gasteiger partial charge in [-0.05, 0) is 60.7 Å². The standard InChI is InChI=1S/C50H28N10O10/c61-57(62)31-21-47(59(65)66)49(53-25-31)55-43-13-3-1-11-37(43)39-17-15-35(23-45(39)55)69-33-9-5-7-29(19-33)41-27-52-42(28-51-41)30-8-6-10-34(20-30)70-36-16-18-40-38-12-2-4-14-44(38)56(46(40)24-36)50-48(60(67)68)22-32(26-54-50)58(63)64/h1-28H. The fourth-order valence-electron chi connectivity index (χ4n) is 8.50. The van der Waals surface area contributed by atoms with Crippen LogP contribution in [0.25, 0.3) is 77.8 Å². The molecule has 0 aliphatic heterocycles. The molecule has 0 radical (unpaired) electrons. The van der Waals surface area contributed by atoms with Gasteiger partial charge in [0.1, 0.15) is 35.4 Å². The summed E-state index contributed by atoms with van der Waals surface area (Å²) < 4.78 is 15.9. The number of fused-ring (bicyclic) bond motifs is 6. The third-order valence-corrected chi connectivity index (χ3v) is 11.6. The van der Waals surface area contributed by atoms with Crippen LogP contribution in [0.1, 0.15) is 0 Å². The maximum Gasteiger partial charge on any atom is 0.319 e. The number of nitro groups is 4. The number of nitrogens with zero attached hydrogens (tertiary/aromatic N) is 10. The third-order valence-electron chi connectivity index (χ3n) is 11.6. The fourth-order valence-corrected chi connectivity index (χ4v) is 8.50. The summed E-state index contributed by atoms with van der Waals surface area (Å²) in [5, 5.41) is 50.4. The zero-order chi connectivity index (χ0) is 48.2. The number of pyridine rings is 2. The van der Waals surface area contributed by atoms with Crippen LogP contribution in [0.3, 0.4) is 0 Å². The fraction of sp³-hybridized carbons (Fsp3) is 0. The SMILES string of the molecule is O=[N+]([O-])c1cnc(-n2c3ccccc3c3ccc(Oc4cccc(-c5cnc(-c6cccc(Oc7ccc8c9ccccc9n(-c9ncc([N+](=O)[O-])cc9[N+](=O)[O-])c8c7)c6)cn5)c4)cc32)c([N+](=O)[O-])c1. The van der Waals surface area contributed by atoms with Crippen molar-refractivity contribution in [2.24, 2.45) is 0 Å². The van der Waals surface area contributed by atoms with E-state index in [0.717, 1.165) is 46.1 Å². The molecule has 5 aromatic heterocycles. The Bertz CT molecular complexity index is 3750. The lowest BCUT2D eigenvalue weighted by Gasteiger charge is -2.11. The van der Waals surface area contributed by atoms with Crippen molar-refractivity contribution in [2.75, 3.05) is 0 Å². The maximum absolute atomic E-state index is 12.2. The first-order valence-electron chi connectivity index (χ1n) is 21.0. The molecular weight excluding hydrogens is 901 g/mol. The van der Waals surface area contributed by atoms with E-state index in [2.05, 4.69) is 9.97 Å². The molecule has 0 unspecified atom stereocenters. The second-order valence-electron chi connectivity index (χ2n) is 15.7. The lowest BCUT2D eigenvalue weighted by atomic mass is 10.1. The summed E-state index contributed by atoms with van der Waals surface area (Å²) in [5.41, 5.74) is 2.74. The van der Waals surface area contributed by atoms with E-state index in [1.165, 1.54) is 0 Å². The lowest BCUT2D eigenvalue weighted by molar-refractivity contribution is -0.394. The monoisotopic (exact) mass is 928 g/mol. The molecule has 70 heavy (non-hydrogen) atoms. The summed E-state index contributed by atoms with van der Waals surface area (Å²) in [4.78, 5) is 62.3. The molecule has 5 heterocycles. The summed E-state index contributed by atoms with van der Waals surface area (Å²) in [7, 11) is 0. The van der Waals surface area contributed by atoms with E-state index in [0.29, 0.717) is 67.6 Å². The van der Waals surface area contributed by atoms with Crippen molar-refractivity contribution in [2.45, 2.75) is 0 Å². The summed E-state index contributed by atoms with van der Waals surface area (Å²) in [6, 6.07) is 41.5. The molecule has 0 N–H and O–H groups in total. The van der Waals surface area contributed by atoms with Crippen LogP contribution in [-0.4, -0.2) is 48.8 Å². The Morgan fingerprint density at radius 1 is 0.371 bits per heavy atom. The van der Waals surface area contributed by atoms with Crippen molar-refractivity contribution in [3.8, 4) is 57.1 Å². The Morgan fingerprint density at radius 3 is 1.17 bits per heavy atom. The first-order valence-corrected chi connectivity index (χ1v) is 21.0. The molecule has 0 aliphatic rings. The highest BCUT2D eigenvalue weighted by molar-refractivity contribution is 6.10. The van der Waals surface area contributed by atoms with Crippen LogP contribution < -0.4 is 9.47 Å². The molecule has 0 saturated carbocycles. The normalized spacial score (nSPS) is 11.3. The largest absolute Gasteiger partial charge is 0.457 e. The van der Waals surface area contributed by atoms with Crippen LogP contribution >= 0.6 is 0 Å². The Kier molecular flexibility index (Phi) is 10.1. The van der Waals surface area contributed by atoms with E-state index < -0.39 is 42.4 Å². The zero-order valence-electron chi connectivity index (χ0n) is 35.7. The molecule has 0 saturated heterocycles. The Labute approximate surface area is 391 Å². The number of aromatic nitrogens is 6. The first kappa shape index (κ1) is 42.2. The molecule has 0 spiro atoms. The highest BCUT2D eigenvalue weighted by Crippen LogP contribution is 2.40. The van der Waals surface area contributed by atoms with Gasteiger partial charge < -0.3 is 9.47 Å². The van der Waals surface area contributed by atoms with E-state index in [9.17, 15) is 40.5 Å². The molecule has 0 atom stereocenters. The van der Waals surface area contributed by atoms with E-state index in [-0.39, 0.29) is 11.6 Å². The van der Waals surface area contributed by atoms with Gasteiger partial charge in [0.2, 0.25) is 11.6 Å². The molecule has 20 heteroatoms. The molecule has 11 rings (SSSR count). The van der Waals surface area contributed by atoms with Gasteiger partial charge in [0.05, 0.1) is 77.7 Å². The van der Waals surface area contributed by atoms with Crippen LogP contribution in [0.4, 0.5) is 22.7 Å². The molecule has 338 valence electrons. The van der Waals surface area contributed by atoms with Gasteiger partial charge in [-0.15, -0.1) is 0 Å². The predicted molar refractivity (Wildman–Crippen MR) is 257 cm³/mol. The van der Waals surface area contributed by atoms with E-state index in [4.69, 9.17) is 19.4 Å². The topological polar surface area (TPSA) is 252 Å². The summed E-state index contributed by atoms with van der Waals surface area (Å²) in [5.74, 6) is 1.59. The molecule has 11 aromatic rings. The van der Waals surface area contributed by atoms with Gasteiger partial charge in [0.25, 0.3) is 11.4 Å². The minimum absolute atomic E-state index is 0.0858. The van der Waals surface area contributed by atoms with Crippen molar-refractivity contribution < 1.29 is 29.2 Å². The second-order valence-corrected chi connectivity index (χ2v) is 15.7. The highest BCUT2D eigenvalue weighted by atomic mass is 16.6. The summed E-state index contributed by atoms with van der Waals surface area (Å²) >= 11 is 0. The van der Waals surface area contributed by atoms with Gasteiger partial charge in [-0.2, -0.15) is 0 Å². The predicted octanol–water partition coefficient (Wildman–Crippen LogP) is 12.0. The van der Waals surface area contributed by atoms with Gasteiger partial charge in [0.15, 0.2) is 0 Å². The average Bonchev–Trinajstić information content (AvgIpc) is 3.88. The zero-order valence-corrected chi connectivity index (χ0v) is 35.7. The minimum atomic E-state index is -0.731. The van der Waals surface area contributed by atoms with Gasteiger partial charge in [-0.25, -0.2) is 9.97 Å². The van der Waals surface area contributed by atoms with Crippen molar-refractivity contribution in [3.63, 3.8) is 0 Å². The van der Waals surface area contributed by atoms with E-state index in [1.54, 1.807) is 106 Å². The maximum atomic E-state index is 12.2. The Morgan fingerprint density at radius 2 is 0.771 bits per heavy atom.